The summed E-state index contributed by atoms with van der Waals surface area (Å²) in [6.45, 7) is 4.19. The van der Waals surface area contributed by atoms with Crippen LogP contribution in [-0.4, -0.2) is 30.1 Å². The third kappa shape index (κ3) is 3.89. The zero-order chi connectivity index (χ0) is 12.8. The van der Waals surface area contributed by atoms with Gasteiger partial charge in [-0.2, -0.15) is 11.8 Å². The molecular weight excluding hydrogens is 230 g/mol. The van der Waals surface area contributed by atoms with Crippen LogP contribution < -0.4 is 10.6 Å². The summed E-state index contributed by atoms with van der Waals surface area (Å²) in [6.07, 6.45) is 5.15. The topological polar surface area (TPSA) is 42.1 Å². The van der Waals surface area contributed by atoms with E-state index in [1.54, 1.807) is 0 Å². The summed E-state index contributed by atoms with van der Waals surface area (Å²) in [5, 5.41) is 0. The second-order valence-corrected chi connectivity index (χ2v) is 5.28. The summed E-state index contributed by atoms with van der Waals surface area (Å²) in [5.41, 5.74) is 6.90. The lowest BCUT2D eigenvalue weighted by molar-refractivity contribution is 0.665. The molecule has 2 N–H and O–H groups in total. The molecule has 0 spiro atoms. The molecule has 0 radical (unpaired) electrons. The molecule has 0 saturated carbocycles. The lowest BCUT2D eigenvalue weighted by Gasteiger charge is -2.28. The van der Waals surface area contributed by atoms with Crippen LogP contribution in [0.2, 0.25) is 0 Å². The SMILES string of the molecule is CCC(CSC)N(C)c1ccc([C@@H](C)N)cn1. The average Bonchev–Trinajstić information content (AvgIpc) is 2.35. The number of hydrogen-bond donors (Lipinski definition) is 1. The van der Waals surface area contributed by atoms with E-state index in [2.05, 4.69) is 42.2 Å². The summed E-state index contributed by atoms with van der Waals surface area (Å²) in [7, 11) is 2.11. The van der Waals surface area contributed by atoms with Crippen molar-refractivity contribution in [1.82, 2.24) is 4.98 Å². The van der Waals surface area contributed by atoms with Gasteiger partial charge in [0.25, 0.3) is 0 Å². The van der Waals surface area contributed by atoms with Crippen LogP contribution in [0.3, 0.4) is 0 Å². The van der Waals surface area contributed by atoms with Gasteiger partial charge in [0.05, 0.1) is 0 Å². The largest absolute Gasteiger partial charge is 0.356 e. The molecule has 0 aromatic carbocycles. The van der Waals surface area contributed by atoms with E-state index in [0.29, 0.717) is 6.04 Å². The number of thioether (sulfide) groups is 1. The van der Waals surface area contributed by atoms with Crippen molar-refractivity contribution < 1.29 is 0 Å². The van der Waals surface area contributed by atoms with Gasteiger partial charge >= 0.3 is 0 Å². The Morgan fingerprint density at radius 1 is 1.47 bits per heavy atom. The van der Waals surface area contributed by atoms with Gasteiger partial charge in [0.2, 0.25) is 0 Å². The standard InChI is InChI=1S/C13H23N3S/c1-5-12(9-17-4)16(3)13-7-6-11(8-15-13)10(2)14/h6-8,10,12H,5,9,14H2,1-4H3/t10-,12?/m1/s1. The molecule has 17 heavy (non-hydrogen) atoms. The van der Waals surface area contributed by atoms with Gasteiger partial charge in [-0.25, -0.2) is 4.98 Å². The highest BCUT2D eigenvalue weighted by Gasteiger charge is 2.13. The fourth-order valence-electron chi connectivity index (χ4n) is 1.76. The van der Waals surface area contributed by atoms with E-state index in [-0.39, 0.29) is 6.04 Å². The number of rotatable bonds is 6. The van der Waals surface area contributed by atoms with Crippen molar-refractivity contribution in [3.63, 3.8) is 0 Å². The molecular formula is C13H23N3S. The van der Waals surface area contributed by atoms with E-state index < -0.39 is 0 Å². The third-order valence-corrected chi connectivity index (χ3v) is 3.75. The Kier molecular flexibility index (Phi) is 5.78. The minimum absolute atomic E-state index is 0.0509. The first-order chi connectivity index (χ1) is 8.10. The maximum Gasteiger partial charge on any atom is 0.128 e. The first-order valence-electron chi connectivity index (χ1n) is 6.03. The highest BCUT2D eigenvalue weighted by atomic mass is 32.2. The fourth-order valence-corrected chi connectivity index (χ4v) is 2.60. The van der Waals surface area contributed by atoms with Crippen molar-refractivity contribution in [1.29, 1.82) is 0 Å². The molecule has 0 aliphatic heterocycles. The molecule has 0 aliphatic rings. The van der Waals surface area contributed by atoms with E-state index in [1.807, 2.05) is 24.9 Å². The van der Waals surface area contributed by atoms with Gasteiger partial charge in [-0.1, -0.05) is 13.0 Å². The van der Waals surface area contributed by atoms with Crippen LogP contribution in [0.15, 0.2) is 18.3 Å². The minimum Gasteiger partial charge on any atom is -0.356 e. The Bertz CT molecular complexity index is 324. The van der Waals surface area contributed by atoms with Crippen LogP contribution in [0.1, 0.15) is 31.9 Å². The molecule has 1 heterocycles. The summed E-state index contributed by atoms with van der Waals surface area (Å²) in [4.78, 5) is 6.74. The predicted octanol–water partition coefficient (Wildman–Crippen LogP) is 2.68. The number of anilines is 1. The smallest absolute Gasteiger partial charge is 0.128 e. The molecule has 1 aromatic heterocycles. The van der Waals surface area contributed by atoms with E-state index in [1.165, 1.54) is 0 Å². The molecule has 3 nitrogen and oxygen atoms in total. The Balaban J connectivity index is 2.77. The second kappa shape index (κ2) is 6.87. The lowest BCUT2D eigenvalue weighted by Crippen LogP contribution is -2.33. The molecule has 96 valence electrons. The molecule has 1 aromatic rings. The zero-order valence-corrected chi connectivity index (χ0v) is 12.0. The highest BCUT2D eigenvalue weighted by Crippen LogP contribution is 2.18. The molecule has 1 rings (SSSR count). The summed E-state index contributed by atoms with van der Waals surface area (Å²) in [5.74, 6) is 2.15. The van der Waals surface area contributed by atoms with Gasteiger partial charge in [-0.15, -0.1) is 0 Å². The normalized spacial score (nSPS) is 14.4. The molecule has 1 unspecified atom stereocenters. The minimum atomic E-state index is 0.0509. The highest BCUT2D eigenvalue weighted by molar-refractivity contribution is 7.98. The second-order valence-electron chi connectivity index (χ2n) is 4.37. The summed E-state index contributed by atoms with van der Waals surface area (Å²) in [6, 6.07) is 4.71. The number of nitrogens with two attached hydrogens (primary N) is 1. The molecule has 0 aliphatic carbocycles. The van der Waals surface area contributed by atoms with Gasteiger partial charge in [-0.05, 0) is 31.2 Å². The number of hydrogen-bond acceptors (Lipinski definition) is 4. The van der Waals surface area contributed by atoms with Crippen molar-refractivity contribution in [3.8, 4) is 0 Å². The van der Waals surface area contributed by atoms with E-state index in [0.717, 1.165) is 23.6 Å². The van der Waals surface area contributed by atoms with Crippen molar-refractivity contribution in [2.75, 3.05) is 24.0 Å². The third-order valence-electron chi connectivity index (χ3n) is 3.04. The number of aromatic nitrogens is 1. The van der Waals surface area contributed by atoms with E-state index in [9.17, 15) is 0 Å². The van der Waals surface area contributed by atoms with Gasteiger partial charge in [0.15, 0.2) is 0 Å². The van der Waals surface area contributed by atoms with Crippen molar-refractivity contribution >= 4 is 17.6 Å². The predicted molar refractivity (Wildman–Crippen MR) is 77.7 cm³/mol. The molecule has 0 fully saturated rings. The lowest BCUT2D eigenvalue weighted by atomic mass is 10.1. The van der Waals surface area contributed by atoms with Crippen LogP contribution in [0, 0.1) is 0 Å². The van der Waals surface area contributed by atoms with Gasteiger partial charge in [0.1, 0.15) is 5.82 Å². The fraction of sp³-hybridized carbons (Fsp3) is 0.615. The van der Waals surface area contributed by atoms with E-state index in [4.69, 9.17) is 5.73 Å². The van der Waals surface area contributed by atoms with Gasteiger partial charge in [-0.3, -0.25) is 0 Å². The van der Waals surface area contributed by atoms with Crippen LogP contribution in [0.4, 0.5) is 5.82 Å². The Labute approximate surface area is 109 Å². The Morgan fingerprint density at radius 3 is 2.59 bits per heavy atom. The van der Waals surface area contributed by atoms with Crippen molar-refractivity contribution in [2.45, 2.75) is 32.4 Å². The molecule has 0 bridgehead atoms. The Morgan fingerprint density at radius 2 is 2.18 bits per heavy atom. The monoisotopic (exact) mass is 253 g/mol. The van der Waals surface area contributed by atoms with Crippen LogP contribution in [0.25, 0.3) is 0 Å². The average molecular weight is 253 g/mol. The van der Waals surface area contributed by atoms with Gasteiger partial charge < -0.3 is 10.6 Å². The summed E-state index contributed by atoms with van der Waals surface area (Å²) < 4.78 is 0. The van der Waals surface area contributed by atoms with Crippen LogP contribution in [0.5, 0.6) is 0 Å². The Hall–Kier alpha value is -0.740. The van der Waals surface area contributed by atoms with Crippen LogP contribution in [-0.2, 0) is 0 Å². The van der Waals surface area contributed by atoms with Crippen molar-refractivity contribution in [3.05, 3.63) is 23.9 Å². The number of pyridine rings is 1. The first-order valence-corrected chi connectivity index (χ1v) is 7.42. The molecule has 0 amide bonds. The maximum atomic E-state index is 5.82. The van der Waals surface area contributed by atoms with Crippen LogP contribution >= 0.6 is 11.8 Å². The summed E-state index contributed by atoms with van der Waals surface area (Å²) >= 11 is 1.88. The van der Waals surface area contributed by atoms with E-state index >= 15 is 0 Å². The first kappa shape index (κ1) is 14.3. The van der Waals surface area contributed by atoms with Crippen molar-refractivity contribution in [2.24, 2.45) is 5.73 Å². The van der Waals surface area contributed by atoms with Gasteiger partial charge in [0, 0.05) is 31.1 Å². The molecule has 2 atom stereocenters. The quantitative estimate of drug-likeness (QED) is 0.846. The molecule has 0 saturated heterocycles. The maximum absolute atomic E-state index is 5.82. The number of nitrogens with zero attached hydrogens (tertiary/aromatic N) is 2. The molecule has 4 heteroatoms. The zero-order valence-electron chi connectivity index (χ0n) is 11.2.